The molecule has 3 N–H and O–H groups in total. The SMILES string of the molecule is CCN(CC1=C(c2ccc(Cl)cc2)S(=O)(=O)N(CC2CC2)C12CCCC2)C(=O)[C@@H](COCc1ccccc1)NC(=O)C(C)(C)N.Cl. The van der Waals surface area contributed by atoms with Gasteiger partial charge in [0, 0.05) is 24.7 Å². The molecule has 0 saturated heterocycles. The maximum atomic E-state index is 14.5. The number of likely N-dealkylation sites (N-methyl/N-ethyl adjacent to an activating group) is 1. The van der Waals surface area contributed by atoms with Crippen LogP contribution in [0.3, 0.4) is 0 Å². The van der Waals surface area contributed by atoms with E-state index in [1.807, 2.05) is 37.3 Å². The van der Waals surface area contributed by atoms with E-state index < -0.39 is 33.1 Å². The number of rotatable bonds is 13. The monoisotopic (exact) mass is 692 g/mol. The van der Waals surface area contributed by atoms with E-state index >= 15 is 0 Å². The van der Waals surface area contributed by atoms with E-state index in [4.69, 9.17) is 22.1 Å². The molecule has 0 aromatic heterocycles. The van der Waals surface area contributed by atoms with Crippen molar-refractivity contribution in [2.45, 2.75) is 83.0 Å². The third-order valence-corrected chi connectivity index (χ3v) is 11.5. The zero-order valence-electron chi connectivity index (χ0n) is 26.8. The van der Waals surface area contributed by atoms with Crippen LogP contribution in [0.15, 0.2) is 60.2 Å². The number of benzene rings is 2. The lowest BCUT2D eigenvalue weighted by Gasteiger charge is -2.38. The Morgan fingerprint density at radius 2 is 1.74 bits per heavy atom. The number of nitrogens with one attached hydrogen (secondary N) is 1. The first-order chi connectivity index (χ1) is 21.4. The van der Waals surface area contributed by atoms with E-state index in [1.165, 1.54) is 0 Å². The molecule has 12 heteroatoms. The predicted octanol–water partition coefficient (Wildman–Crippen LogP) is 5.13. The van der Waals surface area contributed by atoms with Crippen molar-refractivity contribution in [3.05, 3.63) is 76.3 Å². The van der Waals surface area contributed by atoms with Gasteiger partial charge in [-0.3, -0.25) is 9.59 Å². The molecule has 1 aliphatic heterocycles. The van der Waals surface area contributed by atoms with E-state index in [9.17, 15) is 18.0 Å². The Kier molecular flexibility index (Phi) is 11.7. The Morgan fingerprint density at radius 3 is 2.30 bits per heavy atom. The summed E-state index contributed by atoms with van der Waals surface area (Å²) < 4.78 is 36.6. The van der Waals surface area contributed by atoms with Crippen LogP contribution in [0.2, 0.25) is 5.02 Å². The van der Waals surface area contributed by atoms with Gasteiger partial charge in [-0.1, -0.05) is 66.9 Å². The Labute approximate surface area is 284 Å². The highest BCUT2D eigenvalue weighted by Crippen LogP contribution is 2.54. The van der Waals surface area contributed by atoms with Gasteiger partial charge in [0.1, 0.15) is 6.04 Å². The van der Waals surface area contributed by atoms with Gasteiger partial charge < -0.3 is 20.7 Å². The molecule has 1 atom stereocenters. The van der Waals surface area contributed by atoms with E-state index in [2.05, 4.69) is 5.32 Å². The first-order valence-electron chi connectivity index (χ1n) is 15.9. The van der Waals surface area contributed by atoms with Gasteiger partial charge in [0.05, 0.1) is 29.2 Å². The van der Waals surface area contributed by atoms with E-state index in [1.54, 1.807) is 47.3 Å². The van der Waals surface area contributed by atoms with Crippen LogP contribution in [0.5, 0.6) is 0 Å². The molecular weight excluding hydrogens is 647 g/mol. The number of hydrogen-bond donors (Lipinski definition) is 2. The van der Waals surface area contributed by atoms with Gasteiger partial charge in [0.25, 0.3) is 0 Å². The number of nitrogens with two attached hydrogens (primary N) is 1. The molecule has 46 heavy (non-hydrogen) atoms. The molecule has 2 fully saturated rings. The number of sulfonamides is 1. The molecule has 252 valence electrons. The van der Waals surface area contributed by atoms with Crippen molar-refractivity contribution in [2.75, 3.05) is 26.2 Å². The second-order valence-corrected chi connectivity index (χ2v) is 15.4. The molecular formula is C34H46Cl2N4O5S. The molecule has 1 heterocycles. The fourth-order valence-corrected chi connectivity index (χ4v) is 8.97. The van der Waals surface area contributed by atoms with Crippen molar-refractivity contribution in [3.8, 4) is 0 Å². The maximum absolute atomic E-state index is 14.5. The van der Waals surface area contributed by atoms with Crippen LogP contribution >= 0.6 is 24.0 Å². The average molecular weight is 694 g/mol. The van der Waals surface area contributed by atoms with E-state index in [0.29, 0.717) is 42.4 Å². The molecule has 9 nitrogen and oxygen atoms in total. The van der Waals surface area contributed by atoms with Crippen LogP contribution in [0, 0.1) is 5.92 Å². The predicted molar refractivity (Wildman–Crippen MR) is 184 cm³/mol. The number of halogens is 2. The molecule has 0 radical (unpaired) electrons. The smallest absolute Gasteiger partial charge is 0.247 e. The third-order valence-electron chi connectivity index (χ3n) is 9.15. The molecule has 1 spiro atoms. The van der Waals surface area contributed by atoms with Gasteiger partial charge in [-0.15, -0.1) is 12.4 Å². The van der Waals surface area contributed by atoms with Gasteiger partial charge in [0.2, 0.25) is 21.8 Å². The van der Waals surface area contributed by atoms with Crippen LogP contribution in [0.1, 0.15) is 70.4 Å². The summed E-state index contributed by atoms with van der Waals surface area (Å²) in [5.74, 6) is -0.474. The Morgan fingerprint density at radius 1 is 1.11 bits per heavy atom. The van der Waals surface area contributed by atoms with Crippen LogP contribution in [-0.2, 0) is 31.0 Å². The average Bonchev–Trinajstić information content (AvgIpc) is 3.67. The first-order valence-corrected chi connectivity index (χ1v) is 17.7. The van der Waals surface area contributed by atoms with Gasteiger partial charge in [-0.05, 0) is 81.2 Å². The largest absolute Gasteiger partial charge is 0.374 e. The minimum Gasteiger partial charge on any atom is -0.374 e. The summed E-state index contributed by atoms with van der Waals surface area (Å²) in [5, 5.41) is 3.33. The highest BCUT2D eigenvalue weighted by Gasteiger charge is 2.57. The van der Waals surface area contributed by atoms with E-state index in [-0.39, 0.29) is 43.0 Å². The second kappa shape index (κ2) is 14.7. The molecule has 2 saturated carbocycles. The highest BCUT2D eigenvalue weighted by molar-refractivity contribution is 7.98. The normalized spacial score (nSPS) is 19.6. The number of nitrogens with zero attached hydrogens (tertiary/aromatic N) is 2. The van der Waals surface area contributed by atoms with Crippen molar-refractivity contribution in [2.24, 2.45) is 11.7 Å². The molecule has 2 aromatic carbocycles. The van der Waals surface area contributed by atoms with Crippen LogP contribution in [-0.4, -0.2) is 72.8 Å². The fourth-order valence-electron chi connectivity index (χ4n) is 6.46. The molecule has 2 aliphatic carbocycles. The zero-order valence-corrected chi connectivity index (χ0v) is 29.2. The first kappa shape index (κ1) is 36.4. The molecule has 0 bridgehead atoms. The summed E-state index contributed by atoms with van der Waals surface area (Å²) in [6.45, 7) is 6.14. The molecule has 5 rings (SSSR count). The van der Waals surface area contributed by atoms with Crippen molar-refractivity contribution >= 4 is 50.8 Å². The number of hydrogen-bond acceptors (Lipinski definition) is 6. The van der Waals surface area contributed by atoms with Gasteiger partial charge in [-0.25, -0.2) is 8.42 Å². The van der Waals surface area contributed by atoms with Crippen LogP contribution in [0.4, 0.5) is 0 Å². The molecule has 2 aromatic rings. The standard InChI is InChI=1S/C34H45ClN4O5S.ClH/c1-4-38(31(40)29(37-32(41)33(2,3)36)23-44-22-25-10-6-5-7-11-25)21-28-30(26-14-16-27(35)17-15-26)45(42,43)39(20-24-12-13-24)34(28)18-8-9-19-34;/h5-7,10-11,14-17,24,29H,4,8-9,12-13,18-23,36H2,1-3H3,(H,37,41);1H/t29-;/m1./s1. The quantitative estimate of drug-likeness (QED) is 0.300. The lowest BCUT2D eigenvalue weighted by Crippen LogP contribution is -2.58. The molecule has 2 amide bonds. The van der Waals surface area contributed by atoms with Crippen molar-refractivity contribution in [3.63, 3.8) is 0 Å². The van der Waals surface area contributed by atoms with Crippen molar-refractivity contribution < 1.29 is 22.7 Å². The number of amides is 2. The lowest BCUT2D eigenvalue weighted by molar-refractivity contribution is -0.139. The summed E-state index contributed by atoms with van der Waals surface area (Å²) in [4.78, 5) is 29.2. The van der Waals surface area contributed by atoms with Crippen molar-refractivity contribution in [1.29, 1.82) is 0 Å². The summed E-state index contributed by atoms with van der Waals surface area (Å²) in [5.41, 5.74) is 6.44. The zero-order chi connectivity index (χ0) is 32.4. The van der Waals surface area contributed by atoms with Gasteiger partial charge >= 0.3 is 0 Å². The number of carbonyl (C=O) groups excluding carboxylic acids is 2. The highest BCUT2D eigenvalue weighted by atomic mass is 35.5. The number of carbonyl (C=O) groups is 2. The third kappa shape index (κ3) is 7.80. The van der Waals surface area contributed by atoms with Crippen LogP contribution in [0.25, 0.3) is 4.91 Å². The lowest BCUT2D eigenvalue weighted by atomic mass is 9.85. The summed E-state index contributed by atoms with van der Waals surface area (Å²) in [6.07, 6.45) is 5.28. The Hall–Kier alpha value is -2.47. The Balaban J connectivity index is 0.00000480. The minimum atomic E-state index is -3.85. The Bertz CT molecular complexity index is 1520. The summed E-state index contributed by atoms with van der Waals surface area (Å²) in [7, 11) is -3.85. The van der Waals surface area contributed by atoms with Crippen LogP contribution < -0.4 is 11.1 Å². The molecule has 3 aliphatic rings. The minimum absolute atomic E-state index is 0. The summed E-state index contributed by atoms with van der Waals surface area (Å²) >= 11 is 6.21. The van der Waals surface area contributed by atoms with Gasteiger partial charge in [0.15, 0.2) is 0 Å². The van der Waals surface area contributed by atoms with Gasteiger partial charge in [-0.2, -0.15) is 4.31 Å². The summed E-state index contributed by atoms with van der Waals surface area (Å²) in [6, 6.07) is 15.5. The van der Waals surface area contributed by atoms with E-state index in [0.717, 1.165) is 36.8 Å². The topological polar surface area (TPSA) is 122 Å². The number of ether oxygens (including phenoxy) is 1. The molecule has 0 unspecified atom stereocenters. The second-order valence-electron chi connectivity index (χ2n) is 13.1. The fraction of sp³-hybridized carbons (Fsp3) is 0.529. The van der Waals surface area contributed by atoms with Crippen molar-refractivity contribution in [1.82, 2.24) is 14.5 Å². The maximum Gasteiger partial charge on any atom is 0.247 e.